The Kier molecular flexibility index (Phi) is 7.28. The predicted molar refractivity (Wildman–Crippen MR) is 82.1 cm³/mol. The topological polar surface area (TPSA) is 33.7 Å². The van der Waals surface area contributed by atoms with Crippen LogP contribution in [-0.4, -0.2) is 63.0 Å². The van der Waals surface area contributed by atoms with Crippen molar-refractivity contribution in [3.8, 4) is 0 Å². The van der Waals surface area contributed by atoms with Crippen LogP contribution < -0.4 is 5.32 Å². The molecule has 2 unspecified atom stereocenters. The standard InChI is InChI=1S/C16H32N2O2/c1-3-7-17-14-12-15-5-4-6-16(13-14)18(15)8-9-20-11-10-19-2/h14-17H,3-13H2,1-2H3. The van der Waals surface area contributed by atoms with Crippen LogP contribution in [0.5, 0.6) is 0 Å². The van der Waals surface area contributed by atoms with Crippen LogP contribution in [0.3, 0.4) is 0 Å². The minimum Gasteiger partial charge on any atom is -0.382 e. The van der Waals surface area contributed by atoms with Crippen molar-refractivity contribution in [3.63, 3.8) is 0 Å². The summed E-state index contributed by atoms with van der Waals surface area (Å²) in [6, 6.07) is 2.31. The molecule has 2 aliphatic heterocycles. The van der Waals surface area contributed by atoms with Crippen molar-refractivity contribution in [3.05, 3.63) is 0 Å². The van der Waals surface area contributed by atoms with E-state index in [9.17, 15) is 0 Å². The summed E-state index contributed by atoms with van der Waals surface area (Å²) in [4.78, 5) is 2.72. The fourth-order valence-electron chi connectivity index (χ4n) is 3.77. The summed E-state index contributed by atoms with van der Waals surface area (Å²) in [6.07, 6.45) is 8.06. The Hall–Kier alpha value is -0.160. The lowest BCUT2D eigenvalue weighted by Crippen LogP contribution is -2.57. The molecule has 2 rings (SSSR count). The van der Waals surface area contributed by atoms with Crippen LogP contribution in [0, 0.1) is 0 Å². The van der Waals surface area contributed by atoms with Gasteiger partial charge in [-0.05, 0) is 38.6 Å². The van der Waals surface area contributed by atoms with Gasteiger partial charge in [0.05, 0.1) is 19.8 Å². The normalized spacial score (nSPS) is 30.6. The van der Waals surface area contributed by atoms with Gasteiger partial charge in [-0.3, -0.25) is 4.90 Å². The largest absolute Gasteiger partial charge is 0.382 e. The summed E-state index contributed by atoms with van der Waals surface area (Å²) >= 11 is 0. The van der Waals surface area contributed by atoms with Crippen LogP contribution in [0.2, 0.25) is 0 Å². The number of fused-ring (bicyclic) bond motifs is 2. The molecule has 2 bridgehead atoms. The van der Waals surface area contributed by atoms with Crippen LogP contribution in [0.4, 0.5) is 0 Å². The minimum absolute atomic E-state index is 0.704. The molecule has 0 radical (unpaired) electrons. The summed E-state index contributed by atoms with van der Waals surface area (Å²) in [5.41, 5.74) is 0. The van der Waals surface area contributed by atoms with Gasteiger partial charge in [0.2, 0.25) is 0 Å². The molecule has 20 heavy (non-hydrogen) atoms. The molecule has 0 aromatic carbocycles. The number of nitrogens with one attached hydrogen (secondary N) is 1. The lowest BCUT2D eigenvalue weighted by Gasteiger charge is -2.49. The Bertz CT molecular complexity index is 249. The number of hydrogen-bond donors (Lipinski definition) is 1. The zero-order valence-corrected chi connectivity index (χ0v) is 13.3. The monoisotopic (exact) mass is 284 g/mol. The van der Waals surface area contributed by atoms with E-state index in [4.69, 9.17) is 9.47 Å². The molecule has 0 spiro atoms. The second kappa shape index (κ2) is 8.98. The van der Waals surface area contributed by atoms with Crippen molar-refractivity contribution in [2.24, 2.45) is 0 Å². The van der Waals surface area contributed by atoms with E-state index < -0.39 is 0 Å². The van der Waals surface area contributed by atoms with E-state index >= 15 is 0 Å². The third-order valence-electron chi connectivity index (χ3n) is 4.73. The van der Waals surface area contributed by atoms with Gasteiger partial charge in [0, 0.05) is 31.8 Å². The molecule has 2 atom stereocenters. The van der Waals surface area contributed by atoms with Crippen LogP contribution >= 0.6 is 0 Å². The summed E-state index contributed by atoms with van der Waals surface area (Å²) < 4.78 is 10.7. The molecule has 2 aliphatic rings. The number of piperidine rings is 2. The van der Waals surface area contributed by atoms with Crippen LogP contribution in [0.15, 0.2) is 0 Å². The zero-order valence-electron chi connectivity index (χ0n) is 13.3. The van der Waals surface area contributed by atoms with Crippen LogP contribution in [-0.2, 0) is 9.47 Å². The molecule has 2 heterocycles. The van der Waals surface area contributed by atoms with E-state index in [2.05, 4.69) is 17.1 Å². The van der Waals surface area contributed by atoms with Crippen molar-refractivity contribution in [2.45, 2.75) is 63.6 Å². The van der Waals surface area contributed by atoms with Crippen molar-refractivity contribution < 1.29 is 9.47 Å². The molecule has 2 fully saturated rings. The Balaban J connectivity index is 1.73. The SMILES string of the molecule is CCCNC1CC2CCCC(C1)N2CCOCCOC. The maximum atomic E-state index is 5.65. The van der Waals surface area contributed by atoms with E-state index in [0.717, 1.165) is 37.9 Å². The minimum atomic E-state index is 0.704. The second-order valence-electron chi connectivity index (χ2n) is 6.20. The van der Waals surface area contributed by atoms with Gasteiger partial charge in [0.1, 0.15) is 0 Å². The smallest absolute Gasteiger partial charge is 0.0700 e. The van der Waals surface area contributed by atoms with Crippen LogP contribution in [0.25, 0.3) is 0 Å². The molecular formula is C16H32N2O2. The van der Waals surface area contributed by atoms with Gasteiger partial charge in [0.15, 0.2) is 0 Å². The number of rotatable bonds is 9. The highest BCUT2D eigenvalue weighted by molar-refractivity contribution is 4.94. The molecule has 118 valence electrons. The van der Waals surface area contributed by atoms with Crippen molar-refractivity contribution in [1.29, 1.82) is 0 Å². The number of ether oxygens (including phenoxy) is 2. The number of hydrogen-bond acceptors (Lipinski definition) is 4. The van der Waals surface area contributed by atoms with Gasteiger partial charge in [-0.1, -0.05) is 13.3 Å². The fourth-order valence-corrected chi connectivity index (χ4v) is 3.77. The first-order chi connectivity index (χ1) is 9.85. The first kappa shape index (κ1) is 16.2. The van der Waals surface area contributed by atoms with E-state index in [1.54, 1.807) is 7.11 Å². The summed E-state index contributed by atoms with van der Waals surface area (Å²) in [7, 11) is 1.72. The van der Waals surface area contributed by atoms with Crippen LogP contribution in [0.1, 0.15) is 45.4 Å². The molecule has 0 saturated carbocycles. The third-order valence-corrected chi connectivity index (χ3v) is 4.73. The van der Waals surface area contributed by atoms with Crippen molar-refractivity contribution >= 4 is 0 Å². The maximum absolute atomic E-state index is 5.65. The first-order valence-electron chi connectivity index (χ1n) is 8.41. The summed E-state index contributed by atoms with van der Waals surface area (Å²) in [5.74, 6) is 0. The molecule has 0 aromatic rings. The molecule has 0 aromatic heterocycles. The Morgan fingerprint density at radius 2 is 1.85 bits per heavy atom. The lowest BCUT2D eigenvalue weighted by atomic mass is 9.81. The van der Waals surface area contributed by atoms with E-state index in [-0.39, 0.29) is 0 Å². The molecular weight excluding hydrogens is 252 g/mol. The van der Waals surface area contributed by atoms with E-state index in [1.807, 2.05) is 0 Å². The van der Waals surface area contributed by atoms with Gasteiger partial charge in [-0.2, -0.15) is 0 Å². The molecule has 4 nitrogen and oxygen atoms in total. The zero-order chi connectivity index (χ0) is 14.2. The highest BCUT2D eigenvalue weighted by Gasteiger charge is 2.37. The average molecular weight is 284 g/mol. The Labute approximate surface area is 124 Å². The molecule has 0 amide bonds. The second-order valence-corrected chi connectivity index (χ2v) is 6.20. The number of methoxy groups -OCH3 is 1. The highest BCUT2D eigenvalue weighted by Crippen LogP contribution is 2.33. The Morgan fingerprint density at radius 1 is 1.10 bits per heavy atom. The predicted octanol–water partition coefficient (Wildman–Crippen LogP) is 2.03. The molecule has 1 N–H and O–H groups in total. The van der Waals surface area contributed by atoms with Gasteiger partial charge >= 0.3 is 0 Å². The van der Waals surface area contributed by atoms with Crippen molar-refractivity contribution in [1.82, 2.24) is 10.2 Å². The molecule has 4 heteroatoms. The van der Waals surface area contributed by atoms with E-state index in [0.29, 0.717) is 6.61 Å². The number of nitrogens with zero attached hydrogens (tertiary/aromatic N) is 1. The Morgan fingerprint density at radius 3 is 2.50 bits per heavy atom. The van der Waals surface area contributed by atoms with Gasteiger partial charge in [-0.15, -0.1) is 0 Å². The quantitative estimate of drug-likeness (QED) is 0.657. The highest BCUT2D eigenvalue weighted by atomic mass is 16.5. The summed E-state index contributed by atoms with van der Waals surface area (Å²) in [5, 5.41) is 3.73. The summed E-state index contributed by atoms with van der Waals surface area (Å²) in [6.45, 7) is 6.80. The maximum Gasteiger partial charge on any atom is 0.0700 e. The fraction of sp³-hybridized carbons (Fsp3) is 1.00. The lowest BCUT2D eigenvalue weighted by molar-refractivity contribution is -0.00743. The van der Waals surface area contributed by atoms with Crippen molar-refractivity contribution in [2.75, 3.05) is 40.0 Å². The van der Waals surface area contributed by atoms with Gasteiger partial charge < -0.3 is 14.8 Å². The molecule has 0 aliphatic carbocycles. The third kappa shape index (κ3) is 4.69. The van der Waals surface area contributed by atoms with Gasteiger partial charge in [-0.25, -0.2) is 0 Å². The van der Waals surface area contributed by atoms with E-state index in [1.165, 1.54) is 45.1 Å². The first-order valence-corrected chi connectivity index (χ1v) is 8.41. The van der Waals surface area contributed by atoms with Gasteiger partial charge in [0.25, 0.3) is 0 Å². The molecule has 2 saturated heterocycles. The average Bonchev–Trinajstić information content (AvgIpc) is 2.44.